The highest BCUT2D eigenvalue weighted by Gasteiger charge is 2.48. The van der Waals surface area contributed by atoms with Gasteiger partial charge >= 0.3 is 48.5 Å². The van der Waals surface area contributed by atoms with Crippen molar-refractivity contribution in [1.29, 1.82) is 0 Å². The molecule has 0 bridgehead atoms. The van der Waals surface area contributed by atoms with Crippen molar-refractivity contribution < 1.29 is 125 Å². The largest absolute Gasteiger partial charge is 0.490 e. The van der Waals surface area contributed by atoms with E-state index in [1.807, 2.05) is 87.5 Å². The highest BCUT2D eigenvalue weighted by Crippen LogP contribution is 2.36. The summed E-state index contributed by atoms with van der Waals surface area (Å²) in [6, 6.07) is 17.7. The van der Waals surface area contributed by atoms with Gasteiger partial charge in [0, 0.05) is 43.2 Å². The lowest BCUT2D eigenvalue weighted by atomic mass is 10.0. The Morgan fingerprint density at radius 1 is 0.835 bits per heavy atom. The second kappa shape index (κ2) is 31.3. The number of rotatable bonds is 22. The molecule has 0 radical (unpaired) electrons. The van der Waals surface area contributed by atoms with Crippen molar-refractivity contribution in [3.8, 4) is 17.2 Å². The van der Waals surface area contributed by atoms with Crippen LogP contribution in [-0.2, 0) is 72.5 Å². The van der Waals surface area contributed by atoms with Gasteiger partial charge in [-0.3, -0.25) is 15.2 Å². The maximum Gasteiger partial charge on any atom is 0.490 e. The highest BCUT2D eigenvalue weighted by molar-refractivity contribution is 7.89. The Morgan fingerprint density at radius 2 is 1.46 bits per heavy atom. The van der Waals surface area contributed by atoms with E-state index >= 15 is 0 Å². The Hall–Kier alpha value is -7.11. The number of benzene rings is 2. The minimum absolute atomic E-state index is 0.0145. The van der Waals surface area contributed by atoms with E-state index in [1.165, 1.54) is 18.2 Å². The first-order valence-corrected chi connectivity index (χ1v) is 27.5. The van der Waals surface area contributed by atoms with Gasteiger partial charge in [0.1, 0.15) is 18.5 Å². The van der Waals surface area contributed by atoms with Gasteiger partial charge in [0.2, 0.25) is 22.5 Å². The van der Waals surface area contributed by atoms with E-state index in [1.54, 1.807) is 11.3 Å². The van der Waals surface area contributed by atoms with Gasteiger partial charge in [0.15, 0.2) is 24.5 Å². The molecule has 4 N–H and O–H groups in total. The zero-order chi connectivity index (χ0) is 63.5. The van der Waals surface area contributed by atoms with Crippen LogP contribution in [0.25, 0.3) is 0 Å². The third kappa shape index (κ3) is 23.0. The lowest BCUT2D eigenvalue weighted by molar-refractivity contribution is -0.193. The van der Waals surface area contributed by atoms with Crippen molar-refractivity contribution in [2.75, 3.05) is 53.5 Å². The van der Waals surface area contributed by atoms with Crippen LogP contribution in [0.3, 0.4) is 0 Å². The minimum atomic E-state index is -5.08. The molecule has 472 valence electrons. The number of carboxylic acids is 3. The molecule has 0 aliphatic carbocycles. The number of carboxylic acid groups (broad SMARTS) is 3. The average Bonchev–Trinajstić information content (AvgIpc) is 2.84. The number of halogens is 9. The summed E-state index contributed by atoms with van der Waals surface area (Å²) in [5.41, 5.74) is 1.43. The molecule has 34 heteroatoms. The van der Waals surface area contributed by atoms with Crippen LogP contribution in [0.4, 0.5) is 44.3 Å². The van der Waals surface area contributed by atoms with Crippen LogP contribution < -0.4 is 19.5 Å². The molecule has 0 saturated carbocycles. The molecule has 2 fully saturated rings. The molecule has 4 aromatic rings. The second-order valence-corrected chi connectivity index (χ2v) is 21.9. The second-order valence-electron chi connectivity index (χ2n) is 18.9. The number of amides is 1. The Labute approximate surface area is 483 Å². The maximum atomic E-state index is 14.7. The molecule has 0 spiro atoms. The van der Waals surface area contributed by atoms with Crippen molar-refractivity contribution >= 4 is 51.3 Å². The molecule has 3 aliphatic heterocycles. The first-order valence-electron chi connectivity index (χ1n) is 25.2. The summed E-state index contributed by atoms with van der Waals surface area (Å²) < 4.78 is 171. The van der Waals surface area contributed by atoms with Crippen molar-refractivity contribution in [3.05, 3.63) is 93.7 Å². The fourth-order valence-corrected chi connectivity index (χ4v) is 9.74. The summed E-state index contributed by atoms with van der Waals surface area (Å²) in [5, 5.41) is 27.1. The molecule has 3 aliphatic rings. The number of aromatic nitrogens is 2. The molecule has 1 amide bonds. The number of carbonyl (C=O) groups is 5. The van der Waals surface area contributed by atoms with Crippen LogP contribution in [0.2, 0.25) is 0 Å². The molecule has 85 heavy (non-hydrogen) atoms. The van der Waals surface area contributed by atoms with Gasteiger partial charge in [-0.25, -0.2) is 37.4 Å². The van der Waals surface area contributed by atoms with Gasteiger partial charge in [-0.05, 0) is 88.0 Å². The van der Waals surface area contributed by atoms with E-state index in [0.29, 0.717) is 57.1 Å². The summed E-state index contributed by atoms with van der Waals surface area (Å²) in [6.07, 6.45) is -15.9. The quantitative estimate of drug-likeness (QED) is 0.0330. The summed E-state index contributed by atoms with van der Waals surface area (Å²) in [5.74, 6) is -8.19. The number of esters is 1. The van der Waals surface area contributed by atoms with E-state index in [9.17, 15) is 57.5 Å². The van der Waals surface area contributed by atoms with Crippen molar-refractivity contribution in [3.63, 3.8) is 0 Å². The molecule has 2 aromatic carbocycles. The molecule has 2 aromatic heterocycles. The van der Waals surface area contributed by atoms with Gasteiger partial charge in [-0.2, -0.15) is 43.8 Å². The third-order valence-corrected chi connectivity index (χ3v) is 14.3. The number of likely N-dealkylation sites (N-methyl/N-ethyl adjacent to an activating group) is 1. The number of nitrogens with one attached hydrogen (secondary N) is 1. The number of fused-ring (bicyclic) bond motifs is 2. The molecule has 0 unspecified atom stereocenters. The lowest BCUT2D eigenvalue weighted by Gasteiger charge is -2.34. The Bertz CT molecular complexity index is 2920. The fraction of sp³-hybridized carbons (Fsp3) is 0.510. The zero-order valence-corrected chi connectivity index (χ0v) is 47.5. The minimum Gasteiger partial charge on any atom is -0.487 e. The van der Waals surface area contributed by atoms with E-state index in [-0.39, 0.29) is 55.5 Å². The first-order chi connectivity index (χ1) is 39.6. The summed E-state index contributed by atoms with van der Waals surface area (Å²) >= 11 is 1.57. The number of carbonyl (C=O) groups excluding carboxylic acids is 2. The molecule has 5 heterocycles. The number of sulfonamides is 1. The predicted molar refractivity (Wildman–Crippen MR) is 275 cm³/mol. The van der Waals surface area contributed by atoms with Gasteiger partial charge in [-0.1, -0.05) is 32.0 Å². The monoisotopic (exact) mass is 1270 g/mol. The number of hydrogen-bond acceptors (Lipinski definition) is 19. The number of aryl methyl sites for hydroxylation is 3. The van der Waals surface area contributed by atoms with Gasteiger partial charge < -0.3 is 53.2 Å². The van der Waals surface area contributed by atoms with E-state index < -0.39 is 83.4 Å². The first kappa shape index (κ1) is 70.4. The van der Waals surface area contributed by atoms with Gasteiger partial charge in [-0.15, -0.1) is 11.3 Å². The summed E-state index contributed by atoms with van der Waals surface area (Å²) in [4.78, 5) is 66.4. The standard InChI is InChI=1S/C45H57N5O12S2.3C2HF3O2/c1-30(2)23-50(64(53,54)37-15-16-39-40(22-37)60-29-59-39)28-58-43(51)45(48-44(52)62-41-26-57-42-38(41)17-20-55-42,61-21-19-49(5)24-34-10-6-8-31(3)46-34)18-7-9-33-11-13-36(14-12-33)56-25-35-27-63-32(4)47-35;3*3-2(4,5)1(6)7/h6,8,10-16,22,27,30,38,41-42H,7,9,17-21,23-26,28-29H2,1-5H3,(H,48,52);3*(H,6,7)/t38-,41-,42+,45-;;;/m0.../s1. The molecule has 4 atom stereocenters. The lowest BCUT2D eigenvalue weighted by Crippen LogP contribution is -2.59. The zero-order valence-electron chi connectivity index (χ0n) is 45.8. The topological polar surface area (TPSA) is 298 Å². The molecular weight excluding hydrogens is 1210 g/mol. The Kier molecular flexibility index (Phi) is 25.9. The molecule has 7 rings (SSSR count). The van der Waals surface area contributed by atoms with Crippen molar-refractivity contribution in [2.45, 2.75) is 108 Å². The average molecular weight is 1270 g/mol. The van der Waals surface area contributed by atoms with Crippen LogP contribution >= 0.6 is 11.3 Å². The molecule has 2 saturated heterocycles. The number of alkyl carbamates (subject to hydrolysis) is 1. The van der Waals surface area contributed by atoms with Crippen LogP contribution in [0, 0.1) is 25.7 Å². The SMILES string of the molecule is Cc1cccc(CN(C)CCO[C@](CCCc2ccc(OCc3csc(C)n3)cc2)(NC(=O)O[C@H]2CO[C@H]3OCC[C@H]32)C(=O)OCN(CC(C)C)S(=O)(=O)c2ccc3c(c2)OCO3)n1.O=C(O)C(F)(F)F.O=C(O)C(F)(F)F.O=C(O)C(F)(F)F. The maximum absolute atomic E-state index is 14.7. The number of thiazole rings is 1. The molecular formula is C51H60F9N5O18S2. The van der Waals surface area contributed by atoms with Crippen LogP contribution in [0.1, 0.15) is 60.8 Å². The normalized spacial score (nSPS) is 17.0. The number of pyridine rings is 1. The number of aliphatic carboxylic acids is 3. The summed E-state index contributed by atoms with van der Waals surface area (Å²) in [6.45, 7) is 8.63. The number of nitrogens with zero attached hydrogens (tertiary/aromatic N) is 4. The number of hydrogen-bond donors (Lipinski definition) is 4. The third-order valence-electron chi connectivity index (χ3n) is 11.7. The highest BCUT2D eigenvalue weighted by atomic mass is 32.2. The van der Waals surface area contributed by atoms with E-state index in [0.717, 1.165) is 32.0 Å². The van der Waals surface area contributed by atoms with Crippen LogP contribution in [0.5, 0.6) is 17.2 Å². The molecule has 23 nitrogen and oxygen atoms in total. The Morgan fingerprint density at radius 3 is 2.04 bits per heavy atom. The van der Waals surface area contributed by atoms with E-state index in [2.05, 4.69) is 15.3 Å². The van der Waals surface area contributed by atoms with Gasteiger partial charge in [0.05, 0.1) is 47.0 Å². The smallest absolute Gasteiger partial charge is 0.487 e. The Balaban J connectivity index is 0.000000627. The predicted octanol–water partition coefficient (Wildman–Crippen LogP) is 7.87. The number of ether oxygens (including phenoxy) is 8. The van der Waals surface area contributed by atoms with Crippen molar-refractivity contribution in [2.24, 2.45) is 11.8 Å². The fourth-order valence-electron chi connectivity index (χ4n) is 7.67. The van der Waals surface area contributed by atoms with Crippen molar-refractivity contribution in [1.82, 2.24) is 24.5 Å². The number of alkyl halides is 9. The summed E-state index contributed by atoms with van der Waals surface area (Å²) in [7, 11) is -2.33. The van der Waals surface area contributed by atoms with Crippen LogP contribution in [0.15, 0.2) is 70.9 Å². The van der Waals surface area contributed by atoms with Crippen LogP contribution in [-0.4, -0.2) is 163 Å². The van der Waals surface area contributed by atoms with E-state index in [4.69, 9.17) is 67.6 Å². The van der Waals surface area contributed by atoms with Gasteiger partial charge in [0.25, 0.3) is 0 Å².